The van der Waals surface area contributed by atoms with Crippen LogP contribution in [0.3, 0.4) is 0 Å². The fourth-order valence-electron chi connectivity index (χ4n) is 2.03. The number of hydrogen-bond acceptors (Lipinski definition) is 2. The first-order valence-electron chi connectivity index (χ1n) is 6.47. The van der Waals surface area contributed by atoms with E-state index < -0.39 is 0 Å². The maximum Gasteiger partial charge on any atom is 0.240 e. The molecule has 1 aliphatic heterocycles. The van der Waals surface area contributed by atoms with Crippen LogP contribution in [0.1, 0.15) is 52.9 Å². The summed E-state index contributed by atoms with van der Waals surface area (Å²) in [6, 6.07) is -0.369. The minimum absolute atomic E-state index is 0.134. The van der Waals surface area contributed by atoms with Crippen molar-refractivity contribution in [2.24, 2.45) is 11.1 Å². The largest absolute Gasteiger partial charge is 0.341 e. The normalized spacial score (nSPS) is 21.1. The molecular weight excluding hydrogens is 200 g/mol. The molecule has 0 aliphatic carbocycles. The molecule has 1 aliphatic rings. The zero-order chi connectivity index (χ0) is 12.2. The summed E-state index contributed by atoms with van der Waals surface area (Å²) >= 11 is 0. The molecule has 3 heteroatoms. The molecule has 0 spiro atoms. The molecule has 16 heavy (non-hydrogen) atoms. The molecule has 0 aromatic heterocycles. The van der Waals surface area contributed by atoms with Crippen LogP contribution >= 0.6 is 0 Å². The highest BCUT2D eigenvalue weighted by Gasteiger charge is 2.30. The third kappa shape index (κ3) is 3.78. The number of carbonyl (C=O) groups excluding carboxylic acids is 1. The lowest BCUT2D eigenvalue weighted by Crippen LogP contribution is -2.51. The minimum atomic E-state index is -0.369. The number of nitrogens with two attached hydrogens (primary N) is 1. The van der Waals surface area contributed by atoms with E-state index in [1.807, 2.05) is 25.7 Å². The van der Waals surface area contributed by atoms with Gasteiger partial charge in [-0.15, -0.1) is 0 Å². The molecular formula is C13H26N2O. The molecule has 0 bridgehead atoms. The number of likely N-dealkylation sites (tertiary alicyclic amines) is 1. The van der Waals surface area contributed by atoms with Crippen molar-refractivity contribution >= 4 is 5.91 Å². The first-order chi connectivity index (χ1) is 7.43. The Labute approximate surface area is 99.4 Å². The lowest BCUT2D eigenvalue weighted by molar-refractivity contribution is -0.135. The molecule has 1 rings (SSSR count). The standard InChI is InChI=1S/C13H26N2O/c1-13(2,3)11(14)12(16)15-9-7-5-4-6-8-10-15/h11H,4-10,14H2,1-3H3/t11-/m1/s1. The Morgan fingerprint density at radius 1 is 1.06 bits per heavy atom. The number of carbonyl (C=O) groups is 1. The van der Waals surface area contributed by atoms with E-state index in [4.69, 9.17) is 5.73 Å². The van der Waals surface area contributed by atoms with Gasteiger partial charge < -0.3 is 10.6 Å². The number of nitrogens with zero attached hydrogens (tertiary/aromatic N) is 1. The van der Waals surface area contributed by atoms with Crippen molar-refractivity contribution in [1.29, 1.82) is 0 Å². The summed E-state index contributed by atoms with van der Waals surface area (Å²) in [6.45, 7) is 7.87. The summed E-state index contributed by atoms with van der Waals surface area (Å²) in [7, 11) is 0. The molecule has 0 aromatic carbocycles. The van der Waals surface area contributed by atoms with E-state index in [1.165, 1.54) is 19.3 Å². The summed E-state index contributed by atoms with van der Waals surface area (Å²) in [4.78, 5) is 14.2. The lowest BCUT2D eigenvalue weighted by Gasteiger charge is -2.33. The predicted molar refractivity (Wildman–Crippen MR) is 67.1 cm³/mol. The maximum absolute atomic E-state index is 12.2. The predicted octanol–water partition coefficient (Wildman–Crippen LogP) is 2.15. The second kappa shape index (κ2) is 5.67. The van der Waals surface area contributed by atoms with Gasteiger partial charge in [0.1, 0.15) is 0 Å². The average Bonchev–Trinajstić information content (AvgIpc) is 2.13. The van der Waals surface area contributed by atoms with Crippen LogP contribution in [-0.2, 0) is 4.79 Å². The van der Waals surface area contributed by atoms with Crippen LogP contribution < -0.4 is 5.73 Å². The highest BCUT2D eigenvalue weighted by Crippen LogP contribution is 2.20. The molecule has 0 unspecified atom stereocenters. The lowest BCUT2D eigenvalue weighted by atomic mass is 9.86. The van der Waals surface area contributed by atoms with Gasteiger partial charge >= 0.3 is 0 Å². The fraction of sp³-hybridized carbons (Fsp3) is 0.923. The molecule has 1 amide bonds. The molecule has 2 N–H and O–H groups in total. The topological polar surface area (TPSA) is 46.3 Å². The van der Waals surface area contributed by atoms with Gasteiger partial charge in [-0.05, 0) is 18.3 Å². The van der Waals surface area contributed by atoms with E-state index in [9.17, 15) is 4.79 Å². The summed E-state index contributed by atoms with van der Waals surface area (Å²) in [6.07, 6.45) is 6.06. The van der Waals surface area contributed by atoms with Gasteiger partial charge in [-0.2, -0.15) is 0 Å². The van der Waals surface area contributed by atoms with Gasteiger partial charge in [-0.1, -0.05) is 40.0 Å². The Kier molecular flexibility index (Phi) is 4.78. The summed E-state index contributed by atoms with van der Waals surface area (Å²) in [5, 5.41) is 0. The second-order valence-electron chi connectivity index (χ2n) is 5.94. The molecule has 0 radical (unpaired) electrons. The molecule has 1 fully saturated rings. The van der Waals surface area contributed by atoms with Crippen molar-refractivity contribution in [3.63, 3.8) is 0 Å². The van der Waals surface area contributed by atoms with E-state index in [2.05, 4.69) is 0 Å². The molecule has 1 saturated heterocycles. The number of hydrogen-bond donors (Lipinski definition) is 1. The summed E-state index contributed by atoms with van der Waals surface area (Å²) < 4.78 is 0. The van der Waals surface area contributed by atoms with Gasteiger partial charge in [0.2, 0.25) is 5.91 Å². The van der Waals surface area contributed by atoms with Crippen molar-refractivity contribution in [3.05, 3.63) is 0 Å². The Morgan fingerprint density at radius 2 is 1.50 bits per heavy atom. The van der Waals surface area contributed by atoms with Crippen molar-refractivity contribution in [2.45, 2.75) is 58.9 Å². The van der Waals surface area contributed by atoms with E-state index in [0.717, 1.165) is 25.9 Å². The fourth-order valence-corrected chi connectivity index (χ4v) is 2.03. The Hall–Kier alpha value is -0.570. The highest BCUT2D eigenvalue weighted by atomic mass is 16.2. The van der Waals surface area contributed by atoms with Gasteiger partial charge in [-0.25, -0.2) is 0 Å². The van der Waals surface area contributed by atoms with Gasteiger partial charge in [0, 0.05) is 13.1 Å². The third-order valence-corrected chi connectivity index (χ3v) is 3.37. The zero-order valence-electron chi connectivity index (χ0n) is 11.0. The monoisotopic (exact) mass is 226 g/mol. The summed E-state index contributed by atoms with van der Waals surface area (Å²) in [5.74, 6) is 0.134. The molecule has 0 saturated carbocycles. The first-order valence-corrected chi connectivity index (χ1v) is 6.47. The second-order valence-corrected chi connectivity index (χ2v) is 5.94. The first kappa shape index (κ1) is 13.5. The van der Waals surface area contributed by atoms with Gasteiger partial charge in [0.05, 0.1) is 6.04 Å². The van der Waals surface area contributed by atoms with Crippen LogP contribution in [-0.4, -0.2) is 29.9 Å². The Morgan fingerprint density at radius 3 is 1.94 bits per heavy atom. The average molecular weight is 226 g/mol. The van der Waals surface area contributed by atoms with Crippen LogP contribution in [0.15, 0.2) is 0 Å². The molecule has 0 aromatic rings. The van der Waals surface area contributed by atoms with Gasteiger partial charge in [0.25, 0.3) is 0 Å². The minimum Gasteiger partial charge on any atom is -0.341 e. The van der Waals surface area contributed by atoms with Gasteiger partial charge in [0.15, 0.2) is 0 Å². The van der Waals surface area contributed by atoms with Crippen molar-refractivity contribution in [1.82, 2.24) is 4.90 Å². The molecule has 3 nitrogen and oxygen atoms in total. The quantitative estimate of drug-likeness (QED) is 0.744. The van der Waals surface area contributed by atoms with Crippen LogP contribution in [0.4, 0.5) is 0 Å². The van der Waals surface area contributed by atoms with E-state index in [-0.39, 0.29) is 17.4 Å². The smallest absolute Gasteiger partial charge is 0.240 e. The molecule has 1 atom stereocenters. The van der Waals surface area contributed by atoms with Crippen molar-refractivity contribution in [3.8, 4) is 0 Å². The van der Waals surface area contributed by atoms with Crippen LogP contribution in [0.5, 0.6) is 0 Å². The third-order valence-electron chi connectivity index (χ3n) is 3.37. The van der Waals surface area contributed by atoms with Crippen molar-refractivity contribution in [2.75, 3.05) is 13.1 Å². The molecule has 1 heterocycles. The maximum atomic E-state index is 12.2. The highest BCUT2D eigenvalue weighted by molar-refractivity contribution is 5.82. The van der Waals surface area contributed by atoms with Crippen LogP contribution in [0, 0.1) is 5.41 Å². The molecule has 94 valence electrons. The number of amides is 1. The number of rotatable bonds is 1. The van der Waals surface area contributed by atoms with Gasteiger partial charge in [-0.3, -0.25) is 4.79 Å². The summed E-state index contributed by atoms with van der Waals surface area (Å²) in [5.41, 5.74) is 5.88. The van der Waals surface area contributed by atoms with E-state index in [0.29, 0.717) is 0 Å². The Balaban J connectivity index is 2.56. The van der Waals surface area contributed by atoms with E-state index in [1.54, 1.807) is 0 Å². The zero-order valence-corrected chi connectivity index (χ0v) is 11.0. The van der Waals surface area contributed by atoms with E-state index >= 15 is 0 Å². The van der Waals surface area contributed by atoms with Crippen LogP contribution in [0.2, 0.25) is 0 Å². The Bertz CT molecular complexity index is 225. The van der Waals surface area contributed by atoms with Crippen LogP contribution in [0.25, 0.3) is 0 Å². The SMILES string of the molecule is CC(C)(C)[C@H](N)C(=O)N1CCCCCCC1. The van der Waals surface area contributed by atoms with Crippen molar-refractivity contribution < 1.29 is 4.79 Å².